The molecule has 0 bridgehead atoms. The van der Waals surface area contributed by atoms with Gasteiger partial charge in [0.15, 0.2) is 11.0 Å². The zero-order valence-corrected chi connectivity index (χ0v) is 21.6. The average molecular weight is 500 g/mol. The molecule has 0 fully saturated rings. The predicted octanol–water partition coefficient (Wildman–Crippen LogP) is 5.33. The van der Waals surface area contributed by atoms with Crippen LogP contribution in [0.2, 0.25) is 5.02 Å². The van der Waals surface area contributed by atoms with Crippen LogP contribution >= 0.6 is 23.4 Å². The Hall–Kier alpha value is -2.84. The van der Waals surface area contributed by atoms with Crippen molar-refractivity contribution in [2.75, 3.05) is 11.1 Å². The van der Waals surface area contributed by atoms with Gasteiger partial charge in [0.1, 0.15) is 0 Å². The third-order valence-corrected chi connectivity index (χ3v) is 6.74. The van der Waals surface area contributed by atoms with Crippen LogP contribution in [0.4, 0.5) is 5.69 Å². The van der Waals surface area contributed by atoms with Gasteiger partial charge >= 0.3 is 0 Å². The lowest BCUT2D eigenvalue weighted by Gasteiger charge is -2.20. The number of rotatable bonds is 9. The molecule has 0 aliphatic rings. The first-order chi connectivity index (χ1) is 16.2. The van der Waals surface area contributed by atoms with Crippen molar-refractivity contribution in [3.8, 4) is 0 Å². The molecule has 2 N–H and O–H groups in total. The Morgan fingerprint density at radius 1 is 1.06 bits per heavy atom. The highest BCUT2D eigenvalue weighted by molar-refractivity contribution is 7.99. The smallest absolute Gasteiger partial charge is 0.253 e. The molecule has 1 atom stereocenters. The number of aromatic nitrogens is 3. The van der Waals surface area contributed by atoms with Gasteiger partial charge in [-0.3, -0.25) is 9.59 Å². The molecule has 0 saturated carbocycles. The lowest BCUT2D eigenvalue weighted by atomic mass is 10.0. The van der Waals surface area contributed by atoms with Gasteiger partial charge in [-0.1, -0.05) is 67.5 Å². The number of hydrogen-bond acceptors (Lipinski definition) is 5. The van der Waals surface area contributed by atoms with Crippen LogP contribution in [0.1, 0.15) is 53.6 Å². The summed E-state index contributed by atoms with van der Waals surface area (Å²) in [5.41, 5.74) is 3.29. The Labute approximate surface area is 209 Å². The molecule has 0 aliphatic heterocycles. The number of nitrogens with one attached hydrogen (secondary N) is 2. The molecule has 0 radical (unpaired) electrons. The van der Waals surface area contributed by atoms with Gasteiger partial charge in [0.2, 0.25) is 5.91 Å². The van der Waals surface area contributed by atoms with E-state index < -0.39 is 0 Å². The Balaban J connectivity index is 1.71. The van der Waals surface area contributed by atoms with Gasteiger partial charge in [0.25, 0.3) is 5.91 Å². The molecule has 7 nitrogen and oxygen atoms in total. The molecule has 1 unspecified atom stereocenters. The number of carbonyl (C=O) groups is 2. The van der Waals surface area contributed by atoms with E-state index in [2.05, 4.69) is 34.7 Å². The summed E-state index contributed by atoms with van der Waals surface area (Å²) in [7, 11) is 1.84. The normalized spacial score (nSPS) is 12.0. The Morgan fingerprint density at radius 3 is 2.38 bits per heavy atom. The number of amides is 2. The molecular formula is C25H30ClN5O2S. The second-order valence-electron chi connectivity index (χ2n) is 8.64. The number of carbonyl (C=O) groups excluding carboxylic acids is 2. The van der Waals surface area contributed by atoms with E-state index in [4.69, 9.17) is 11.6 Å². The fourth-order valence-electron chi connectivity index (χ4n) is 3.65. The summed E-state index contributed by atoms with van der Waals surface area (Å²) in [4.78, 5) is 25.4. The van der Waals surface area contributed by atoms with Gasteiger partial charge in [-0.05, 0) is 49.4 Å². The number of thioether (sulfide) groups is 1. The molecule has 0 spiro atoms. The first-order valence-corrected chi connectivity index (χ1v) is 12.5. The standard InChI is InChI=1S/C25H30ClN5O2S/c1-15(2)13-20(27-24(33)18-11-6-7-12-19(18)26)23-29-30-25(31(23)5)34-14-21(32)28-22-16(3)9-8-10-17(22)4/h6-12,15,20H,13-14H2,1-5H3,(H,27,33)(H,28,32). The summed E-state index contributed by atoms with van der Waals surface area (Å²) in [5.74, 6) is 0.763. The van der Waals surface area contributed by atoms with Gasteiger partial charge < -0.3 is 15.2 Å². The van der Waals surface area contributed by atoms with Gasteiger partial charge in [-0.25, -0.2) is 0 Å². The molecule has 1 heterocycles. The van der Waals surface area contributed by atoms with Crippen molar-refractivity contribution in [3.63, 3.8) is 0 Å². The summed E-state index contributed by atoms with van der Waals surface area (Å²) in [6.07, 6.45) is 0.680. The van der Waals surface area contributed by atoms with Crippen LogP contribution in [0.15, 0.2) is 47.6 Å². The van der Waals surface area contributed by atoms with Gasteiger partial charge in [0, 0.05) is 12.7 Å². The van der Waals surface area contributed by atoms with E-state index >= 15 is 0 Å². The Morgan fingerprint density at radius 2 is 1.74 bits per heavy atom. The van der Waals surface area contributed by atoms with Gasteiger partial charge in [-0.2, -0.15) is 0 Å². The number of aryl methyl sites for hydroxylation is 2. The van der Waals surface area contributed by atoms with E-state index in [1.807, 2.05) is 43.7 Å². The lowest BCUT2D eigenvalue weighted by molar-refractivity contribution is -0.113. The highest BCUT2D eigenvalue weighted by atomic mass is 35.5. The molecule has 1 aromatic heterocycles. The van der Waals surface area contributed by atoms with Crippen LogP contribution < -0.4 is 10.6 Å². The molecule has 3 rings (SSSR count). The zero-order chi connectivity index (χ0) is 24.8. The van der Waals surface area contributed by atoms with Crippen molar-refractivity contribution in [2.45, 2.75) is 45.3 Å². The quantitative estimate of drug-likeness (QED) is 0.388. The van der Waals surface area contributed by atoms with Crippen molar-refractivity contribution < 1.29 is 9.59 Å². The second-order valence-corrected chi connectivity index (χ2v) is 9.99. The predicted molar refractivity (Wildman–Crippen MR) is 137 cm³/mol. The fourth-order valence-corrected chi connectivity index (χ4v) is 4.59. The SMILES string of the molecule is Cc1cccc(C)c1NC(=O)CSc1nnc(C(CC(C)C)NC(=O)c2ccccc2Cl)n1C. The summed E-state index contributed by atoms with van der Waals surface area (Å²) in [6, 6.07) is 12.5. The fraction of sp³-hybridized carbons (Fsp3) is 0.360. The minimum atomic E-state index is -0.348. The van der Waals surface area contributed by atoms with Crippen LogP contribution in [0, 0.1) is 19.8 Å². The monoisotopic (exact) mass is 499 g/mol. The summed E-state index contributed by atoms with van der Waals surface area (Å²) < 4.78 is 1.83. The number of anilines is 1. The Kier molecular flexibility index (Phi) is 8.74. The van der Waals surface area contributed by atoms with Crippen LogP contribution in [0.25, 0.3) is 0 Å². The highest BCUT2D eigenvalue weighted by Gasteiger charge is 2.24. The largest absolute Gasteiger partial charge is 0.342 e. The van der Waals surface area contributed by atoms with Crippen molar-refractivity contribution in [1.29, 1.82) is 0 Å². The van der Waals surface area contributed by atoms with Crippen molar-refractivity contribution >= 4 is 40.9 Å². The van der Waals surface area contributed by atoms with E-state index in [0.717, 1.165) is 16.8 Å². The van der Waals surface area contributed by atoms with Crippen LogP contribution in [-0.2, 0) is 11.8 Å². The molecule has 0 aliphatic carbocycles. The van der Waals surface area contributed by atoms with E-state index in [1.165, 1.54) is 11.8 Å². The summed E-state index contributed by atoms with van der Waals surface area (Å²) >= 11 is 7.51. The van der Waals surface area contributed by atoms with Gasteiger partial charge in [-0.15, -0.1) is 10.2 Å². The summed E-state index contributed by atoms with van der Waals surface area (Å²) in [5, 5.41) is 15.7. The van der Waals surface area contributed by atoms with Crippen LogP contribution in [-0.4, -0.2) is 32.3 Å². The van der Waals surface area contributed by atoms with E-state index in [-0.39, 0.29) is 23.6 Å². The Bertz CT molecular complexity index is 1160. The zero-order valence-electron chi connectivity index (χ0n) is 20.1. The van der Waals surface area contributed by atoms with Crippen molar-refractivity contribution in [1.82, 2.24) is 20.1 Å². The van der Waals surface area contributed by atoms with Crippen LogP contribution in [0.5, 0.6) is 0 Å². The third kappa shape index (κ3) is 6.39. The minimum Gasteiger partial charge on any atom is -0.342 e. The maximum atomic E-state index is 12.9. The first kappa shape index (κ1) is 25.8. The average Bonchev–Trinajstić information content (AvgIpc) is 3.14. The maximum absolute atomic E-state index is 12.9. The van der Waals surface area contributed by atoms with Crippen molar-refractivity contribution in [2.24, 2.45) is 13.0 Å². The number of halogens is 1. The molecule has 3 aromatic rings. The molecule has 2 amide bonds. The number of hydrogen-bond donors (Lipinski definition) is 2. The number of para-hydroxylation sites is 1. The molecule has 0 saturated heterocycles. The molecule has 2 aromatic carbocycles. The number of benzene rings is 2. The number of nitrogens with zero attached hydrogens (tertiary/aromatic N) is 3. The minimum absolute atomic E-state index is 0.113. The first-order valence-electron chi connectivity index (χ1n) is 11.1. The van der Waals surface area contributed by atoms with Crippen molar-refractivity contribution in [3.05, 3.63) is 70.0 Å². The molecular weight excluding hydrogens is 470 g/mol. The lowest BCUT2D eigenvalue weighted by Crippen LogP contribution is -2.31. The second kappa shape index (κ2) is 11.5. The molecule has 180 valence electrons. The van der Waals surface area contributed by atoms with E-state index in [9.17, 15) is 9.59 Å². The molecule has 34 heavy (non-hydrogen) atoms. The van der Waals surface area contributed by atoms with Crippen LogP contribution in [0.3, 0.4) is 0 Å². The van der Waals surface area contributed by atoms with Gasteiger partial charge in [0.05, 0.1) is 22.4 Å². The topological polar surface area (TPSA) is 88.9 Å². The highest BCUT2D eigenvalue weighted by Crippen LogP contribution is 2.26. The van der Waals surface area contributed by atoms with E-state index in [0.29, 0.717) is 33.9 Å². The summed E-state index contributed by atoms with van der Waals surface area (Å²) in [6.45, 7) is 8.10. The van der Waals surface area contributed by atoms with E-state index in [1.54, 1.807) is 24.3 Å². The molecule has 9 heteroatoms. The maximum Gasteiger partial charge on any atom is 0.253 e. The third-order valence-electron chi connectivity index (χ3n) is 5.39.